The fourth-order valence-corrected chi connectivity index (χ4v) is 5.18. The minimum atomic E-state index is -1.81. The van der Waals surface area contributed by atoms with Crippen LogP contribution in [0.2, 0.25) is 0 Å². The van der Waals surface area contributed by atoms with Crippen molar-refractivity contribution in [3.63, 3.8) is 0 Å². The maximum Gasteiger partial charge on any atom is 0.159 e. The molecule has 0 saturated heterocycles. The number of benzene rings is 4. The first-order chi connectivity index (χ1) is 17.6. The normalized spacial score (nSPS) is 11.1. The molecule has 0 aliphatic heterocycles. The van der Waals surface area contributed by atoms with Gasteiger partial charge >= 0.3 is 0 Å². The van der Waals surface area contributed by atoms with E-state index in [1.54, 1.807) is 0 Å². The van der Waals surface area contributed by atoms with E-state index in [0.29, 0.717) is 22.3 Å². The molecule has 0 N–H and O–H groups in total. The number of ketones is 4. The molecule has 0 bridgehead atoms. The van der Waals surface area contributed by atoms with E-state index >= 15 is 0 Å². The lowest BCUT2D eigenvalue weighted by molar-refractivity contribution is 0.100. The van der Waals surface area contributed by atoms with Gasteiger partial charge in [-0.3, -0.25) is 19.2 Å². The van der Waals surface area contributed by atoms with Crippen molar-refractivity contribution in [2.75, 3.05) is 0 Å². The zero-order valence-electron chi connectivity index (χ0n) is 21.4. The summed E-state index contributed by atoms with van der Waals surface area (Å²) in [6.07, 6.45) is -1.81. The Morgan fingerprint density at radius 2 is 0.514 bits per heavy atom. The van der Waals surface area contributed by atoms with Crippen LogP contribution in [0.4, 0.5) is 0 Å². The highest BCUT2D eigenvalue weighted by atomic mass is 16.1. The lowest BCUT2D eigenvalue weighted by atomic mass is 9.13. The average molecular weight is 487 g/mol. The molecule has 4 nitrogen and oxygen atoms in total. The summed E-state index contributed by atoms with van der Waals surface area (Å²) in [5.74, 6) is -0.0849. The van der Waals surface area contributed by atoms with Crippen LogP contribution in [0.1, 0.15) is 69.1 Å². The Hall–Kier alpha value is -4.38. The lowest BCUT2D eigenvalue weighted by Gasteiger charge is -2.44. The minimum Gasteiger partial charge on any atom is -0.295 e. The van der Waals surface area contributed by atoms with Gasteiger partial charge < -0.3 is 0 Å². The number of Topliss-reactive ketones (excluding diaryl/α,β-unsaturated/α-hetero) is 4. The molecule has 0 unspecified atom stereocenters. The Labute approximate surface area is 217 Å². The molecule has 0 heterocycles. The summed E-state index contributed by atoms with van der Waals surface area (Å²) in [4.78, 5) is 48.1. The highest BCUT2D eigenvalue weighted by Crippen LogP contribution is 2.14. The van der Waals surface area contributed by atoms with Gasteiger partial charge in [-0.25, -0.2) is 0 Å². The summed E-state index contributed by atoms with van der Waals surface area (Å²) in [6, 6.07) is 30.3. The van der Waals surface area contributed by atoms with Crippen molar-refractivity contribution >= 4 is 51.1 Å². The molecule has 0 atom stereocenters. The standard InChI is InChI=1S/C32H28BO4/c1-21(34)25-5-13-29(14-6-25)33(30-15-7-26(8-16-30)22(2)35,31-17-9-27(10-18-31)23(3)36)32-19-11-28(12-20-32)24(4)37/h5-20H,1-4H3/q-1. The van der Waals surface area contributed by atoms with E-state index in [4.69, 9.17) is 0 Å². The van der Waals surface area contributed by atoms with Crippen LogP contribution in [-0.4, -0.2) is 29.3 Å². The predicted octanol–water partition coefficient (Wildman–Crippen LogP) is 3.87. The molecule has 0 saturated carbocycles. The first-order valence-electron chi connectivity index (χ1n) is 12.3. The maximum atomic E-state index is 12.0. The Kier molecular flexibility index (Phi) is 7.17. The minimum absolute atomic E-state index is 0.0212. The van der Waals surface area contributed by atoms with Crippen LogP contribution >= 0.6 is 0 Å². The van der Waals surface area contributed by atoms with Crippen molar-refractivity contribution in [2.24, 2.45) is 0 Å². The Morgan fingerprint density at radius 3 is 0.649 bits per heavy atom. The molecule has 37 heavy (non-hydrogen) atoms. The highest BCUT2D eigenvalue weighted by molar-refractivity contribution is 7.19. The van der Waals surface area contributed by atoms with E-state index in [1.807, 2.05) is 97.1 Å². The highest BCUT2D eigenvalue weighted by Gasteiger charge is 2.32. The van der Waals surface area contributed by atoms with Crippen molar-refractivity contribution in [3.05, 3.63) is 119 Å². The molecule has 0 radical (unpaired) electrons. The third-order valence-electron chi connectivity index (χ3n) is 7.27. The van der Waals surface area contributed by atoms with Gasteiger partial charge in [0.2, 0.25) is 0 Å². The lowest BCUT2D eigenvalue weighted by Crippen LogP contribution is -2.74. The summed E-state index contributed by atoms with van der Waals surface area (Å²) in [6.45, 7) is 6.15. The van der Waals surface area contributed by atoms with Gasteiger partial charge in [-0.05, 0) is 27.7 Å². The molecule has 0 amide bonds. The van der Waals surface area contributed by atoms with Crippen molar-refractivity contribution in [3.8, 4) is 0 Å². The first kappa shape index (κ1) is 25.7. The molecule has 4 aromatic rings. The van der Waals surface area contributed by atoms with Gasteiger partial charge in [0.1, 0.15) is 6.15 Å². The second-order valence-corrected chi connectivity index (χ2v) is 9.58. The van der Waals surface area contributed by atoms with Gasteiger partial charge in [0.25, 0.3) is 0 Å². The molecule has 4 aromatic carbocycles. The van der Waals surface area contributed by atoms with Crippen molar-refractivity contribution < 1.29 is 19.2 Å². The molecule has 4 rings (SSSR count). The number of hydrogen-bond acceptors (Lipinski definition) is 4. The van der Waals surface area contributed by atoms with Crippen LogP contribution < -0.4 is 21.9 Å². The Balaban J connectivity index is 2.09. The quantitative estimate of drug-likeness (QED) is 0.280. The van der Waals surface area contributed by atoms with E-state index in [-0.39, 0.29) is 23.1 Å². The smallest absolute Gasteiger partial charge is 0.159 e. The molecular formula is C32H28BO4-. The summed E-state index contributed by atoms with van der Waals surface area (Å²) in [5, 5.41) is 0. The van der Waals surface area contributed by atoms with Crippen LogP contribution in [0.25, 0.3) is 0 Å². The van der Waals surface area contributed by atoms with Gasteiger partial charge in [0.15, 0.2) is 23.1 Å². The maximum absolute atomic E-state index is 12.0. The number of hydrogen-bond donors (Lipinski definition) is 0. The fraction of sp³-hybridized carbons (Fsp3) is 0.125. The number of rotatable bonds is 8. The third-order valence-corrected chi connectivity index (χ3v) is 7.27. The van der Waals surface area contributed by atoms with Crippen LogP contribution in [0, 0.1) is 0 Å². The van der Waals surface area contributed by atoms with Crippen LogP contribution in [-0.2, 0) is 0 Å². The number of carbonyl (C=O) groups is 4. The number of carbonyl (C=O) groups excluding carboxylic acids is 4. The molecular weight excluding hydrogens is 459 g/mol. The van der Waals surface area contributed by atoms with Gasteiger partial charge in [-0.2, -0.15) is 21.9 Å². The van der Waals surface area contributed by atoms with Gasteiger partial charge in [-0.15, -0.1) is 0 Å². The second-order valence-electron chi connectivity index (χ2n) is 9.58. The van der Waals surface area contributed by atoms with Crippen molar-refractivity contribution in [2.45, 2.75) is 27.7 Å². The second kappa shape index (κ2) is 10.3. The summed E-state index contributed by atoms with van der Waals surface area (Å²) < 4.78 is 0. The molecule has 5 heteroatoms. The molecule has 0 aromatic heterocycles. The topological polar surface area (TPSA) is 68.3 Å². The molecule has 0 aliphatic carbocycles. The first-order valence-corrected chi connectivity index (χ1v) is 12.3. The van der Waals surface area contributed by atoms with E-state index in [2.05, 4.69) is 0 Å². The van der Waals surface area contributed by atoms with Crippen molar-refractivity contribution in [1.82, 2.24) is 0 Å². The zero-order chi connectivity index (χ0) is 26.7. The van der Waals surface area contributed by atoms with E-state index in [9.17, 15) is 19.2 Å². The average Bonchev–Trinajstić information content (AvgIpc) is 2.90. The monoisotopic (exact) mass is 487 g/mol. The molecule has 0 fully saturated rings. The predicted molar refractivity (Wildman–Crippen MR) is 150 cm³/mol. The van der Waals surface area contributed by atoms with Crippen LogP contribution in [0.3, 0.4) is 0 Å². The summed E-state index contributed by atoms with van der Waals surface area (Å²) in [5.41, 5.74) is 6.30. The molecule has 0 aliphatic rings. The summed E-state index contributed by atoms with van der Waals surface area (Å²) >= 11 is 0. The van der Waals surface area contributed by atoms with Crippen LogP contribution in [0.15, 0.2) is 97.1 Å². The van der Waals surface area contributed by atoms with Crippen LogP contribution in [0.5, 0.6) is 0 Å². The van der Waals surface area contributed by atoms with Gasteiger partial charge in [-0.1, -0.05) is 97.1 Å². The van der Waals surface area contributed by atoms with Gasteiger partial charge in [0.05, 0.1) is 0 Å². The van der Waals surface area contributed by atoms with E-state index in [1.165, 1.54) is 27.7 Å². The largest absolute Gasteiger partial charge is 0.295 e. The SMILES string of the molecule is CC(=O)c1ccc([B-](c2ccc(C(C)=O)cc2)(c2ccc(C(C)=O)cc2)c2ccc(C(C)=O)cc2)cc1. The van der Waals surface area contributed by atoms with E-state index < -0.39 is 6.15 Å². The molecule has 0 spiro atoms. The summed E-state index contributed by atoms with van der Waals surface area (Å²) in [7, 11) is 0. The third kappa shape index (κ3) is 4.85. The zero-order valence-corrected chi connectivity index (χ0v) is 21.4. The molecule has 184 valence electrons. The van der Waals surface area contributed by atoms with Crippen molar-refractivity contribution in [1.29, 1.82) is 0 Å². The van der Waals surface area contributed by atoms with Gasteiger partial charge in [0, 0.05) is 22.3 Å². The van der Waals surface area contributed by atoms with E-state index in [0.717, 1.165) is 21.9 Å². The fourth-order valence-electron chi connectivity index (χ4n) is 5.18. The Bertz CT molecular complexity index is 1250. The Morgan fingerprint density at radius 1 is 0.351 bits per heavy atom.